The molecule has 1 aromatic carbocycles. The molecule has 0 saturated heterocycles. The predicted molar refractivity (Wildman–Crippen MR) is 135 cm³/mol. The number of hydrogen-bond acceptors (Lipinski definition) is 3. The number of benzene rings is 1. The van der Waals surface area contributed by atoms with Gasteiger partial charge in [0.15, 0.2) is 0 Å². The van der Waals surface area contributed by atoms with Gasteiger partial charge in [-0.1, -0.05) is 55.8 Å². The summed E-state index contributed by atoms with van der Waals surface area (Å²) in [5.41, 5.74) is 2.88. The normalized spacial score (nSPS) is 25.8. The number of nitriles is 1. The van der Waals surface area contributed by atoms with Crippen LogP contribution in [0.1, 0.15) is 101 Å². The zero-order valence-corrected chi connectivity index (χ0v) is 20.4. The highest BCUT2D eigenvalue weighted by molar-refractivity contribution is 5.72. The van der Waals surface area contributed by atoms with E-state index in [0.29, 0.717) is 5.92 Å². The van der Waals surface area contributed by atoms with Gasteiger partial charge in [-0.05, 0) is 100 Å². The lowest BCUT2D eigenvalue weighted by Crippen LogP contribution is -2.29. The van der Waals surface area contributed by atoms with Crippen LogP contribution in [0.2, 0.25) is 0 Å². The van der Waals surface area contributed by atoms with Gasteiger partial charge in [0.1, 0.15) is 6.10 Å². The van der Waals surface area contributed by atoms with Crippen molar-refractivity contribution in [2.24, 2.45) is 11.8 Å². The average molecular weight is 448 g/mol. The molecule has 1 aromatic rings. The maximum Gasteiger partial charge on any atom is 0.309 e. The first-order chi connectivity index (χ1) is 16.2. The summed E-state index contributed by atoms with van der Waals surface area (Å²) in [6, 6.07) is 11.2. The van der Waals surface area contributed by atoms with E-state index in [0.717, 1.165) is 63.7 Å². The molecular formula is C30H41NO2. The van der Waals surface area contributed by atoms with Crippen molar-refractivity contribution >= 4 is 5.97 Å². The van der Waals surface area contributed by atoms with Crippen LogP contribution in [0.3, 0.4) is 0 Å². The molecule has 0 N–H and O–H groups in total. The van der Waals surface area contributed by atoms with Crippen molar-refractivity contribution in [2.45, 2.75) is 102 Å². The van der Waals surface area contributed by atoms with Crippen LogP contribution in [-0.2, 0) is 16.0 Å². The molecule has 0 atom stereocenters. The Balaban J connectivity index is 1.33. The number of aryl methyl sites for hydroxylation is 1. The zero-order chi connectivity index (χ0) is 23.3. The number of ether oxygens (including phenoxy) is 1. The van der Waals surface area contributed by atoms with Gasteiger partial charge >= 0.3 is 5.97 Å². The molecule has 0 heterocycles. The fraction of sp³-hybridized carbons (Fsp3) is 0.600. The number of carbonyl (C=O) groups excluding carboxylic acids is 1. The topological polar surface area (TPSA) is 50.1 Å². The Morgan fingerprint density at radius 3 is 2.42 bits per heavy atom. The Labute approximate surface area is 200 Å². The molecule has 0 unspecified atom stereocenters. The van der Waals surface area contributed by atoms with Crippen LogP contribution >= 0.6 is 0 Å². The first-order valence-electron chi connectivity index (χ1n) is 13.2. The van der Waals surface area contributed by atoms with E-state index >= 15 is 0 Å². The summed E-state index contributed by atoms with van der Waals surface area (Å²) in [6.45, 7) is 2.24. The lowest BCUT2D eigenvalue weighted by molar-refractivity contribution is -0.157. The van der Waals surface area contributed by atoms with Crippen molar-refractivity contribution in [1.29, 1.82) is 5.26 Å². The molecule has 3 heteroatoms. The standard InChI is InChI=1S/C30H41NO2/c1-2-3-9-24-11-15-26(16-12-24)27-17-19-28(20-18-27)30(32)33-29-21-13-25(14-22-29)10-7-5-4-6-8-23-31/h4-6,8,11-12,15-16,25,27-29H,2-3,7,9-10,13-14,17-22H2,1H3/b5-4+,8-6?. The van der Waals surface area contributed by atoms with Gasteiger partial charge in [-0.2, -0.15) is 5.26 Å². The molecule has 178 valence electrons. The van der Waals surface area contributed by atoms with Crippen LogP contribution in [0.15, 0.2) is 48.6 Å². The fourth-order valence-electron chi connectivity index (χ4n) is 5.40. The van der Waals surface area contributed by atoms with Gasteiger partial charge < -0.3 is 4.74 Å². The van der Waals surface area contributed by atoms with Gasteiger partial charge in [-0.25, -0.2) is 0 Å². The van der Waals surface area contributed by atoms with Crippen molar-refractivity contribution in [1.82, 2.24) is 0 Å². The third-order valence-electron chi connectivity index (χ3n) is 7.57. The number of esters is 1. The van der Waals surface area contributed by atoms with Gasteiger partial charge in [0.05, 0.1) is 12.0 Å². The lowest BCUT2D eigenvalue weighted by Gasteiger charge is -2.31. The number of hydrogen-bond donors (Lipinski definition) is 0. The Kier molecular flexibility index (Phi) is 10.8. The predicted octanol–water partition coefficient (Wildman–Crippen LogP) is 7.82. The SMILES string of the molecule is CCCCc1ccc(C2CCC(C(=O)OC3CCC(CC/C=C/C=CC#N)CC3)CC2)cc1. The fourth-order valence-corrected chi connectivity index (χ4v) is 5.40. The molecule has 3 rings (SSSR count). The highest BCUT2D eigenvalue weighted by Crippen LogP contribution is 2.37. The largest absolute Gasteiger partial charge is 0.462 e. The van der Waals surface area contributed by atoms with Crippen molar-refractivity contribution in [2.75, 3.05) is 0 Å². The van der Waals surface area contributed by atoms with E-state index in [1.165, 1.54) is 42.9 Å². The molecule has 2 fully saturated rings. The van der Waals surface area contributed by atoms with Gasteiger partial charge in [0.2, 0.25) is 0 Å². The molecule has 2 aliphatic rings. The summed E-state index contributed by atoms with van der Waals surface area (Å²) in [5.74, 6) is 1.47. The van der Waals surface area contributed by atoms with Gasteiger partial charge in [0, 0.05) is 6.08 Å². The Bertz CT molecular complexity index is 801. The van der Waals surface area contributed by atoms with E-state index in [4.69, 9.17) is 10.00 Å². The van der Waals surface area contributed by atoms with Crippen molar-refractivity contribution in [3.63, 3.8) is 0 Å². The average Bonchev–Trinajstić information content (AvgIpc) is 2.86. The third-order valence-corrected chi connectivity index (χ3v) is 7.57. The van der Waals surface area contributed by atoms with Crippen LogP contribution in [0, 0.1) is 23.2 Å². The summed E-state index contributed by atoms with van der Waals surface area (Å²) in [6.07, 6.45) is 21.8. The Morgan fingerprint density at radius 1 is 1.03 bits per heavy atom. The van der Waals surface area contributed by atoms with E-state index in [1.807, 2.05) is 12.1 Å². The van der Waals surface area contributed by atoms with Crippen molar-refractivity contribution in [3.05, 3.63) is 59.7 Å². The van der Waals surface area contributed by atoms with E-state index in [1.54, 1.807) is 6.08 Å². The second-order valence-electron chi connectivity index (χ2n) is 9.97. The van der Waals surface area contributed by atoms with Crippen LogP contribution in [0.5, 0.6) is 0 Å². The second kappa shape index (κ2) is 14.0. The van der Waals surface area contributed by atoms with Gasteiger partial charge in [0.25, 0.3) is 0 Å². The zero-order valence-electron chi connectivity index (χ0n) is 20.4. The molecule has 2 saturated carbocycles. The number of unbranched alkanes of at least 4 members (excludes halogenated alkanes) is 1. The molecule has 0 radical (unpaired) electrons. The second-order valence-corrected chi connectivity index (χ2v) is 9.97. The van der Waals surface area contributed by atoms with Crippen molar-refractivity contribution in [3.8, 4) is 6.07 Å². The number of rotatable bonds is 10. The van der Waals surface area contributed by atoms with Crippen LogP contribution in [-0.4, -0.2) is 12.1 Å². The summed E-state index contributed by atoms with van der Waals surface area (Å²) in [4.78, 5) is 12.8. The number of nitrogens with zero attached hydrogens (tertiary/aromatic N) is 1. The molecule has 2 aliphatic carbocycles. The van der Waals surface area contributed by atoms with E-state index in [-0.39, 0.29) is 18.0 Å². The Hall–Kier alpha value is -2.34. The smallest absolute Gasteiger partial charge is 0.309 e. The molecule has 0 aliphatic heterocycles. The molecule has 0 aromatic heterocycles. The minimum Gasteiger partial charge on any atom is -0.462 e. The van der Waals surface area contributed by atoms with Crippen molar-refractivity contribution < 1.29 is 9.53 Å². The minimum absolute atomic E-state index is 0.0547. The lowest BCUT2D eigenvalue weighted by atomic mass is 9.78. The monoisotopic (exact) mass is 447 g/mol. The first kappa shape index (κ1) is 25.3. The molecular weight excluding hydrogens is 406 g/mol. The summed E-state index contributed by atoms with van der Waals surface area (Å²) >= 11 is 0. The first-order valence-corrected chi connectivity index (χ1v) is 13.2. The van der Waals surface area contributed by atoms with Crippen LogP contribution in [0.25, 0.3) is 0 Å². The quantitative estimate of drug-likeness (QED) is 0.209. The summed E-state index contributed by atoms with van der Waals surface area (Å²) < 4.78 is 5.95. The summed E-state index contributed by atoms with van der Waals surface area (Å²) in [7, 11) is 0. The van der Waals surface area contributed by atoms with E-state index in [9.17, 15) is 4.79 Å². The summed E-state index contributed by atoms with van der Waals surface area (Å²) in [5, 5.41) is 8.48. The van der Waals surface area contributed by atoms with Gasteiger partial charge in [-0.3, -0.25) is 4.79 Å². The number of allylic oxidation sites excluding steroid dienone is 4. The minimum atomic E-state index is 0.0547. The Morgan fingerprint density at radius 2 is 1.76 bits per heavy atom. The molecule has 0 bridgehead atoms. The molecule has 3 nitrogen and oxygen atoms in total. The maximum atomic E-state index is 12.8. The molecule has 33 heavy (non-hydrogen) atoms. The third kappa shape index (κ3) is 8.50. The van der Waals surface area contributed by atoms with Gasteiger partial charge in [-0.15, -0.1) is 0 Å². The van der Waals surface area contributed by atoms with Crippen LogP contribution < -0.4 is 0 Å². The van der Waals surface area contributed by atoms with E-state index in [2.05, 4.69) is 37.3 Å². The van der Waals surface area contributed by atoms with Crippen LogP contribution in [0.4, 0.5) is 0 Å². The highest BCUT2D eigenvalue weighted by atomic mass is 16.5. The highest BCUT2D eigenvalue weighted by Gasteiger charge is 2.31. The number of carbonyl (C=O) groups is 1. The van der Waals surface area contributed by atoms with E-state index < -0.39 is 0 Å². The molecule has 0 amide bonds. The maximum absolute atomic E-state index is 12.8. The molecule has 0 spiro atoms.